The van der Waals surface area contributed by atoms with Crippen LogP contribution in [0.3, 0.4) is 0 Å². The molecule has 0 aliphatic carbocycles. The number of hydrogen-bond acceptors (Lipinski definition) is 4. The average Bonchev–Trinajstić information content (AvgIpc) is 2.65. The van der Waals surface area contributed by atoms with E-state index in [9.17, 15) is 14.4 Å². The number of hydrogen-bond donors (Lipinski definition) is 1. The number of rotatable bonds is 9. The van der Waals surface area contributed by atoms with Crippen LogP contribution in [-0.2, 0) is 27.2 Å². The van der Waals surface area contributed by atoms with Gasteiger partial charge in [0.1, 0.15) is 0 Å². The standard InChI is InChI=1S/C21H23NO4/c1-16(23)22-14-13-18-7-10-19(11-8-18)20(24)15-26-21(25)12-9-17-5-3-2-4-6-17/h2-8,10-11H,9,12-15H2,1H3,(H,22,23). The Morgan fingerprint density at radius 3 is 2.19 bits per heavy atom. The minimum absolute atomic E-state index is 0.0640. The summed E-state index contributed by atoms with van der Waals surface area (Å²) in [5.41, 5.74) is 2.59. The van der Waals surface area contributed by atoms with Gasteiger partial charge in [-0.15, -0.1) is 0 Å². The Labute approximate surface area is 153 Å². The Morgan fingerprint density at radius 1 is 0.885 bits per heavy atom. The molecule has 2 aromatic rings. The van der Waals surface area contributed by atoms with Crippen LogP contribution in [-0.4, -0.2) is 30.8 Å². The maximum atomic E-state index is 12.1. The second-order valence-corrected chi connectivity index (χ2v) is 6.00. The second kappa shape index (κ2) is 10.1. The van der Waals surface area contributed by atoms with E-state index in [1.54, 1.807) is 12.1 Å². The maximum absolute atomic E-state index is 12.1. The van der Waals surface area contributed by atoms with Gasteiger partial charge in [0, 0.05) is 25.5 Å². The van der Waals surface area contributed by atoms with Crippen molar-refractivity contribution in [1.82, 2.24) is 5.32 Å². The van der Waals surface area contributed by atoms with Gasteiger partial charge in [0.2, 0.25) is 5.91 Å². The van der Waals surface area contributed by atoms with Crippen LogP contribution in [0.5, 0.6) is 0 Å². The predicted octanol–water partition coefficient (Wildman–Crippen LogP) is 2.72. The van der Waals surface area contributed by atoms with E-state index in [2.05, 4.69) is 5.32 Å². The van der Waals surface area contributed by atoms with Crippen LogP contribution in [0.1, 0.15) is 34.8 Å². The molecule has 0 fully saturated rings. The summed E-state index contributed by atoms with van der Waals surface area (Å²) in [6.45, 7) is 1.78. The summed E-state index contributed by atoms with van der Waals surface area (Å²) >= 11 is 0. The average molecular weight is 353 g/mol. The minimum Gasteiger partial charge on any atom is -0.457 e. The lowest BCUT2D eigenvalue weighted by molar-refractivity contribution is -0.142. The molecule has 0 atom stereocenters. The zero-order valence-corrected chi connectivity index (χ0v) is 14.9. The summed E-state index contributed by atoms with van der Waals surface area (Å²) < 4.78 is 5.07. The van der Waals surface area contributed by atoms with Crippen LogP contribution in [0.2, 0.25) is 0 Å². The molecular weight excluding hydrogens is 330 g/mol. The molecule has 0 heterocycles. The molecule has 0 aliphatic heterocycles. The van der Waals surface area contributed by atoms with Crippen molar-refractivity contribution in [2.24, 2.45) is 0 Å². The van der Waals surface area contributed by atoms with Crippen molar-refractivity contribution in [1.29, 1.82) is 0 Å². The van der Waals surface area contributed by atoms with Gasteiger partial charge in [-0.05, 0) is 24.0 Å². The quantitative estimate of drug-likeness (QED) is 0.556. The van der Waals surface area contributed by atoms with Crippen LogP contribution < -0.4 is 5.32 Å². The van der Waals surface area contributed by atoms with Crippen molar-refractivity contribution in [3.8, 4) is 0 Å². The van der Waals surface area contributed by atoms with Crippen molar-refractivity contribution in [3.63, 3.8) is 0 Å². The van der Waals surface area contributed by atoms with E-state index < -0.39 is 0 Å². The number of aryl methyl sites for hydroxylation is 1. The lowest BCUT2D eigenvalue weighted by Crippen LogP contribution is -2.22. The van der Waals surface area contributed by atoms with Gasteiger partial charge in [-0.3, -0.25) is 14.4 Å². The number of Topliss-reactive ketones (excluding diaryl/α,β-unsaturated/α-hetero) is 1. The van der Waals surface area contributed by atoms with Gasteiger partial charge in [-0.2, -0.15) is 0 Å². The first-order valence-electron chi connectivity index (χ1n) is 8.60. The second-order valence-electron chi connectivity index (χ2n) is 6.00. The van der Waals surface area contributed by atoms with Crippen molar-refractivity contribution in [2.45, 2.75) is 26.2 Å². The zero-order valence-electron chi connectivity index (χ0n) is 14.9. The van der Waals surface area contributed by atoms with E-state index in [0.717, 1.165) is 11.1 Å². The molecule has 0 saturated carbocycles. The highest BCUT2D eigenvalue weighted by atomic mass is 16.5. The Morgan fingerprint density at radius 2 is 1.54 bits per heavy atom. The van der Waals surface area contributed by atoms with Gasteiger partial charge in [0.15, 0.2) is 12.4 Å². The number of ether oxygens (including phenoxy) is 1. The molecule has 0 unspecified atom stereocenters. The molecule has 26 heavy (non-hydrogen) atoms. The van der Waals surface area contributed by atoms with Crippen LogP contribution in [0.15, 0.2) is 54.6 Å². The van der Waals surface area contributed by atoms with Gasteiger partial charge in [-0.1, -0.05) is 54.6 Å². The summed E-state index contributed by atoms with van der Waals surface area (Å²) in [6, 6.07) is 16.8. The molecular formula is C21H23NO4. The highest BCUT2D eigenvalue weighted by molar-refractivity contribution is 5.97. The van der Waals surface area contributed by atoms with Gasteiger partial charge >= 0.3 is 5.97 Å². The molecule has 1 amide bonds. The van der Waals surface area contributed by atoms with Gasteiger partial charge in [-0.25, -0.2) is 0 Å². The fourth-order valence-corrected chi connectivity index (χ4v) is 2.43. The Kier molecular flexibility index (Phi) is 7.55. The first-order chi connectivity index (χ1) is 12.5. The maximum Gasteiger partial charge on any atom is 0.306 e. The highest BCUT2D eigenvalue weighted by Crippen LogP contribution is 2.07. The normalized spacial score (nSPS) is 10.2. The van der Waals surface area contributed by atoms with Crippen LogP contribution in [0, 0.1) is 0 Å². The van der Waals surface area contributed by atoms with E-state index >= 15 is 0 Å². The Balaban J connectivity index is 1.73. The summed E-state index contributed by atoms with van der Waals surface area (Å²) in [6.07, 6.45) is 1.54. The van der Waals surface area contributed by atoms with E-state index in [0.29, 0.717) is 24.9 Å². The van der Waals surface area contributed by atoms with E-state index in [1.807, 2.05) is 42.5 Å². The summed E-state index contributed by atoms with van der Waals surface area (Å²) in [7, 11) is 0. The number of carbonyl (C=O) groups is 3. The monoisotopic (exact) mass is 353 g/mol. The van der Waals surface area contributed by atoms with Gasteiger partial charge in [0.05, 0.1) is 0 Å². The lowest BCUT2D eigenvalue weighted by atomic mass is 10.1. The largest absolute Gasteiger partial charge is 0.457 e. The molecule has 0 bridgehead atoms. The summed E-state index contributed by atoms with van der Waals surface area (Å²) in [5.74, 6) is -0.675. The smallest absolute Gasteiger partial charge is 0.306 e. The first-order valence-corrected chi connectivity index (χ1v) is 8.60. The summed E-state index contributed by atoms with van der Waals surface area (Å²) in [4.78, 5) is 34.7. The number of amides is 1. The topological polar surface area (TPSA) is 72.5 Å². The molecule has 2 aromatic carbocycles. The number of esters is 1. The molecule has 136 valence electrons. The molecule has 0 aromatic heterocycles. The van der Waals surface area contributed by atoms with Crippen LogP contribution in [0.25, 0.3) is 0 Å². The van der Waals surface area contributed by atoms with E-state index in [1.165, 1.54) is 6.92 Å². The first kappa shape index (κ1) is 19.4. The number of ketones is 1. The SMILES string of the molecule is CC(=O)NCCc1ccc(C(=O)COC(=O)CCc2ccccc2)cc1. The summed E-state index contributed by atoms with van der Waals surface area (Å²) in [5, 5.41) is 2.72. The van der Waals surface area contributed by atoms with Crippen molar-refractivity contribution >= 4 is 17.7 Å². The van der Waals surface area contributed by atoms with Crippen LogP contribution >= 0.6 is 0 Å². The van der Waals surface area contributed by atoms with Crippen molar-refractivity contribution < 1.29 is 19.1 Å². The lowest BCUT2D eigenvalue weighted by Gasteiger charge is -2.06. The number of nitrogens with one attached hydrogen (secondary N) is 1. The molecule has 5 heteroatoms. The van der Waals surface area contributed by atoms with Crippen molar-refractivity contribution in [2.75, 3.05) is 13.2 Å². The molecule has 1 N–H and O–H groups in total. The molecule has 0 spiro atoms. The fraction of sp³-hybridized carbons (Fsp3) is 0.286. The number of carbonyl (C=O) groups excluding carboxylic acids is 3. The van der Waals surface area contributed by atoms with Crippen molar-refractivity contribution in [3.05, 3.63) is 71.3 Å². The Bertz CT molecular complexity index is 738. The van der Waals surface area contributed by atoms with Gasteiger partial charge in [0.25, 0.3) is 0 Å². The fourth-order valence-electron chi connectivity index (χ4n) is 2.43. The predicted molar refractivity (Wildman–Crippen MR) is 98.9 cm³/mol. The van der Waals surface area contributed by atoms with E-state index in [-0.39, 0.29) is 30.7 Å². The highest BCUT2D eigenvalue weighted by Gasteiger charge is 2.10. The molecule has 0 aliphatic rings. The van der Waals surface area contributed by atoms with Crippen LogP contribution in [0.4, 0.5) is 0 Å². The minimum atomic E-state index is -0.380. The van der Waals surface area contributed by atoms with E-state index in [4.69, 9.17) is 4.74 Å². The third-order valence-electron chi connectivity index (χ3n) is 3.89. The molecule has 0 radical (unpaired) electrons. The molecule has 5 nitrogen and oxygen atoms in total. The third kappa shape index (κ3) is 6.89. The third-order valence-corrected chi connectivity index (χ3v) is 3.89. The zero-order chi connectivity index (χ0) is 18.8. The molecule has 0 saturated heterocycles. The van der Waals surface area contributed by atoms with Gasteiger partial charge < -0.3 is 10.1 Å². The molecule has 2 rings (SSSR count). The Hall–Kier alpha value is -2.95. The number of benzene rings is 2.